The highest BCUT2D eigenvalue weighted by Crippen LogP contribution is 2.43. The Bertz CT molecular complexity index is 562. The number of methoxy groups -OCH3 is 1. The summed E-state index contributed by atoms with van der Waals surface area (Å²) in [6, 6.07) is 7.84. The van der Waals surface area contributed by atoms with E-state index >= 15 is 0 Å². The minimum Gasteiger partial charge on any atom is -0.467 e. The van der Waals surface area contributed by atoms with Gasteiger partial charge in [-0.2, -0.15) is 0 Å². The second-order valence-corrected chi connectivity index (χ2v) is 7.38. The molecule has 0 heterocycles. The Hall–Kier alpha value is -1.42. The van der Waals surface area contributed by atoms with Gasteiger partial charge in [0.15, 0.2) is 0 Å². The van der Waals surface area contributed by atoms with Gasteiger partial charge in [0.1, 0.15) is 6.04 Å². The van der Waals surface area contributed by atoms with E-state index < -0.39 is 6.04 Å². The number of aryl methyl sites for hydroxylation is 1. The van der Waals surface area contributed by atoms with Gasteiger partial charge >= 0.3 is 5.97 Å². The smallest absolute Gasteiger partial charge is 0.328 e. The molecule has 0 amide bonds. The Balaban J connectivity index is 2.11. The Kier molecular flexibility index (Phi) is 6.79. The van der Waals surface area contributed by atoms with Gasteiger partial charge in [0, 0.05) is 11.8 Å². The van der Waals surface area contributed by atoms with E-state index in [9.17, 15) is 4.79 Å². The molecule has 1 unspecified atom stereocenters. The number of hydrogen-bond acceptors (Lipinski definition) is 3. The largest absolute Gasteiger partial charge is 0.467 e. The van der Waals surface area contributed by atoms with Crippen molar-refractivity contribution in [2.45, 2.75) is 64.8 Å². The molecule has 3 nitrogen and oxygen atoms in total. The number of ether oxygens (including phenoxy) is 1. The van der Waals surface area contributed by atoms with Crippen LogP contribution in [0.15, 0.2) is 24.3 Å². The summed E-state index contributed by atoms with van der Waals surface area (Å²) in [7, 11) is 1.44. The number of carbonyl (C=O) groups excluding carboxylic acids is 1. The molecule has 0 aliphatic heterocycles. The van der Waals surface area contributed by atoms with Crippen molar-refractivity contribution in [2.75, 3.05) is 7.11 Å². The van der Waals surface area contributed by atoms with Crippen LogP contribution in [0.4, 0.5) is 0 Å². The first-order valence-electron chi connectivity index (χ1n) is 8.95. The fourth-order valence-corrected chi connectivity index (χ4v) is 4.18. The predicted molar refractivity (Wildman–Crippen MR) is 102 cm³/mol. The van der Waals surface area contributed by atoms with E-state index in [1.165, 1.54) is 25.5 Å². The number of hydrogen-bond donors (Lipinski definition) is 1. The van der Waals surface area contributed by atoms with E-state index in [2.05, 4.69) is 43.4 Å². The summed E-state index contributed by atoms with van der Waals surface area (Å²) in [5, 5.41) is 3.36. The van der Waals surface area contributed by atoms with Crippen molar-refractivity contribution >= 4 is 23.2 Å². The summed E-state index contributed by atoms with van der Waals surface area (Å²) in [6.45, 7) is 4.26. The SMILES string of the molecule is CCCC1(C(=S)NC(Cc2ccc(C)cc2)C(=O)OC)CCCC1. The van der Waals surface area contributed by atoms with Crippen LogP contribution >= 0.6 is 12.2 Å². The molecular weight excluding hydrogens is 318 g/mol. The number of carbonyl (C=O) groups is 1. The molecule has 0 radical (unpaired) electrons. The second-order valence-electron chi connectivity index (χ2n) is 6.98. The number of esters is 1. The Morgan fingerprint density at radius 1 is 1.29 bits per heavy atom. The zero-order valence-corrected chi connectivity index (χ0v) is 15.9. The first-order valence-corrected chi connectivity index (χ1v) is 9.36. The van der Waals surface area contributed by atoms with Crippen molar-refractivity contribution in [1.29, 1.82) is 0 Å². The van der Waals surface area contributed by atoms with Crippen LogP contribution in [-0.2, 0) is 16.0 Å². The lowest BCUT2D eigenvalue weighted by Crippen LogP contribution is -2.48. The van der Waals surface area contributed by atoms with Crippen LogP contribution in [0, 0.1) is 12.3 Å². The minimum absolute atomic E-state index is 0.0730. The molecule has 1 N–H and O–H groups in total. The van der Waals surface area contributed by atoms with Crippen molar-refractivity contribution in [1.82, 2.24) is 5.32 Å². The van der Waals surface area contributed by atoms with Gasteiger partial charge in [-0.15, -0.1) is 0 Å². The standard InChI is InChI=1S/C20H29NO2S/c1-4-11-20(12-5-6-13-20)19(24)21-17(18(22)23-3)14-16-9-7-15(2)8-10-16/h7-10,17H,4-6,11-14H2,1-3H3,(H,21,24). The number of thiocarbonyl (C=S) groups is 1. The van der Waals surface area contributed by atoms with Gasteiger partial charge in [0.25, 0.3) is 0 Å². The maximum absolute atomic E-state index is 12.3. The second kappa shape index (κ2) is 8.61. The molecule has 132 valence electrons. The lowest BCUT2D eigenvalue weighted by Gasteiger charge is -2.32. The summed E-state index contributed by atoms with van der Waals surface area (Å²) in [4.78, 5) is 13.1. The summed E-state index contributed by atoms with van der Waals surface area (Å²) in [5.41, 5.74) is 2.40. The van der Waals surface area contributed by atoms with E-state index in [1.807, 2.05) is 0 Å². The van der Waals surface area contributed by atoms with Gasteiger partial charge in [0.05, 0.1) is 12.1 Å². The fraction of sp³-hybridized carbons (Fsp3) is 0.600. The van der Waals surface area contributed by atoms with E-state index in [1.54, 1.807) is 0 Å². The normalized spacial score (nSPS) is 17.3. The quantitative estimate of drug-likeness (QED) is 0.588. The maximum atomic E-state index is 12.3. The van der Waals surface area contributed by atoms with Crippen molar-refractivity contribution in [2.24, 2.45) is 5.41 Å². The highest BCUT2D eigenvalue weighted by atomic mass is 32.1. The molecule has 2 rings (SSSR count). The summed E-state index contributed by atoms with van der Waals surface area (Å²) < 4.78 is 5.00. The molecule has 0 bridgehead atoms. The molecule has 4 heteroatoms. The summed E-state index contributed by atoms with van der Waals surface area (Å²) in [6.07, 6.45) is 7.51. The van der Waals surface area contributed by atoms with E-state index in [0.29, 0.717) is 6.42 Å². The average Bonchev–Trinajstić information content (AvgIpc) is 3.05. The summed E-state index contributed by atoms with van der Waals surface area (Å²) in [5.74, 6) is -0.248. The molecule has 1 aliphatic carbocycles. The van der Waals surface area contributed by atoms with E-state index in [-0.39, 0.29) is 11.4 Å². The highest BCUT2D eigenvalue weighted by Gasteiger charge is 2.38. The first kappa shape index (κ1) is 18.9. The van der Waals surface area contributed by atoms with Crippen LogP contribution < -0.4 is 5.32 Å². The molecule has 24 heavy (non-hydrogen) atoms. The molecule has 1 fully saturated rings. The maximum Gasteiger partial charge on any atom is 0.328 e. The van der Waals surface area contributed by atoms with Crippen LogP contribution in [-0.4, -0.2) is 24.1 Å². The first-order chi connectivity index (χ1) is 11.5. The van der Waals surface area contributed by atoms with Gasteiger partial charge in [-0.1, -0.05) is 68.2 Å². The van der Waals surface area contributed by atoms with Crippen molar-refractivity contribution in [3.8, 4) is 0 Å². The Morgan fingerprint density at radius 2 is 1.92 bits per heavy atom. The predicted octanol–water partition coefficient (Wildman–Crippen LogP) is 4.36. The number of nitrogens with one attached hydrogen (secondary N) is 1. The van der Waals surface area contributed by atoms with Crippen LogP contribution in [0.2, 0.25) is 0 Å². The zero-order valence-electron chi connectivity index (χ0n) is 15.1. The third-order valence-electron chi connectivity index (χ3n) is 5.12. The summed E-state index contributed by atoms with van der Waals surface area (Å²) >= 11 is 5.75. The molecule has 0 aromatic heterocycles. The molecule has 0 spiro atoms. The minimum atomic E-state index is -0.417. The van der Waals surface area contributed by atoms with Crippen LogP contribution in [0.1, 0.15) is 56.6 Å². The van der Waals surface area contributed by atoms with Gasteiger partial charge < -0.3 is 10.1 Å². The van der Waals surface area contributed by atoms with Crippen molar-refractivity contribution in [3.05, 3.63) is 35.4 Å². The third kappa shape index (κ3) is 4.56. The Morgan fingerprint density at radius 3 is 2.46 bits per heavy atom. The van der Waals surface area contributed by atoms with E-state index in [0.717, 1.165) is 36.2 Å². The lowest BCUT2D eigenvalue weighted by molar-refractivity contribution is -0.142. The topological polar surface area (TPSA) is 38.3 Å². The third-order valence-corrected chi connectivity index (χ3v) is 5.67. The van der Waals surface area contributed by atoms with Gasteiger partial charge in [-0.25, -0.2) is 4.79 Å². The number of rotatable bonds is 7. The molecule has 1 aromatic carbocycles. The van der Waals surface area contributed by atoms with E-state index in [4.69, 9.17) is 17.0 Å². The molecule has 1 saturated carbocycles. The Labute approximate surface area is 151 Å². The molecule has 1 aliphatic rings. The highest BCUT2D eigenvalue weighted by molar-refractivity contribution is 7.80. The van der Waals surface area contributed by atoms with Gasteiger partial charge in [-0.05, 0) is 31.7 Å². The lowest BCUT2D eigenvalue weighted by atomic mass is 9.81. The molecule has 0 saturated heterocycles. The van der Waals surface area contributed by atoms with Crippen molar-refractivity contribution < 1.29 is 9.53 Å². The average molecular weight is 348 g/mol. The van der Waals surface area contributed by atoms with Gasteiger partial charge in [0.2, 0.25) is 0 Å². The van der Waals surface area contributed by atoms with Crippen LogP contribution in [0.5, 0.6) is 0 Å². The fourth-order valence-electron chi connectivity index (χ4n) is 3.73. The van der Waals surface area contributed by atoms with Crippen LogP contribution in [0.25, 0.3) is 0 Å². The molecule has 1 atom stereocenters. The number of benzene rings is 1. The van der Waals surface area contributed by atoms with Crippen LogP contribution in [0.3, 0.4) is 0 Å². The molecule has 1 aromatic rings. The van der Waals surface area contributed by atoms with Crippen molar-refractivity contribution in [3.63, 3.8) is 0 Å². The molecular formula is C20H29NO2S. The van der Waals surface area contributed by atoms with Gasteiger partial charge in [-0.3, -0.25) is 0 Å². The monoisotopic (exact) mass is 347 g/mol. The zero-order chi connectivity index (χ0) is 17.6.